The quantitative estimate of drug-likeness (QED) is 0.724. The van der Waals surface area contributed by atoms with Crippen molar-refractivity contribution in [2.24, 2.45) is 0 Å². The number of benzene rings is 1. The molecule has 0 saturated heterocycles. The monoisotopic (exact) mass is 333 g/mol. The first kappa shape index (κ1) is 15.4. The summed E-state index contributed by atoms with van der Waals surface area (Å²) in [6.07, 6.45) is 7.40. The Hall–Kier alpha value is -3.08. The molecule has 25 heavy (non-hydrogen) atoms. The van der Waals surface area contributed by atoms with Crippen molar-refractivity contribution in [2.75, 3.05) is 0 Å². The van der Waals surface area contributed by atoms with Crippen LogP contribution in [-0.4, -0.2) is 21.7 Å². The van der Waals surface area contributed by atoms with E-state index in [9.17, 15) is 4.79 Å². The molecule has 2 heterocycles. The maximum Gasteiger partial charge on any atom is 0.244 e. The van der Waals surface area contributed by atoms with Crippen molar-refractivity contribution in [3.05, 3.63) is 66.1 Å². The number of aryl methyl sites for hydroxylation is 1. The average molecular weight is 333 g/mol. The van der Waals surface area contributed by atoms with Gasteiger partial charge in [-0.2, -0.15) is 5.10 Å². The highest BCUT2D eigenvalue weighted by Crippen LogP contribution is 2.26. The minimum Gasteiger partial charge on any atom is -0.460 e. The molecule has 4 rings (SSSR count). The Labute approximate surface area is 146 Å². The maximum absolute atomic E-state index is 11.9. The van der Waals surface area contributed by atoms with Gasteiger partial charge in [0.2, 0.25) is 5.91 Å². The molecular formula is C20H19N3O2. The Morgan fingerprint density at radius 2 is 2.04 bits per heavy atom. The largest absolute Gasteiger partial charge is 0.460 e. The van der Waals surface area contributed by atoms with Gasteiger partial charge in [-0.25, -0.2) is 4.68 Å². The first-order chi connectivity index (χ1) is 12.2. The third kappa shape index (κ3) is 3.55. The van der Waals surface area contributed by atoms with E-state index in [0.717, 1.165) is 29.9 Å². The fourth-order valence-corrected chi connectivity index (χ4v) is 2.62. The van der Waals surface area contributed by atoms with Gasteiger partial charge in [-0.3, -0.25) is 4.79 Å². The minimum atomic E-state index is -0.0727. The number of amides is 1. The summed E-state index contributed by atoms with van der Waals surface area (Å²) in [6, 6.07) is 14.0. The van der Waals surface area contributed by atoms with Crippen LogP contribution in [0.25, 0.3) is 23.2 Å². The topological polar surface area (TPSA) is 60.1 Å². The van der Waals surface area contributed by atoms with Crippen molar-refractivity contribution >= 4 is 12.0 Å². The molecule has 0 spiro atoms. The molecule has 1 aliphatic carbocycles. The van der Waals surface area contributed by atoms with Gasteiger partial charge in [0.15, 0.2) is 5.76 Å². The molecule has 1 aromatic carbocycles. The molecule has 2 aromatic heterocycles. The zero-order valence-electron chi connectivity index (χ0n) is 14.0. The fraction of sp³-hybridized carbons (Fsp3) is 0.200. The summed E-state index contributed by atoms with van der Waals surface area (Å²) in [4.78, 5) is 11.9. The highest BCUT2D eigenvalue weighted by Gasteiger charge is 2.22. The van der Waals surface area contributed by atoms with Crippen molar-refractivity contribution in [2.45, 2.75) is 25.8 Å². The maximum atomic E-state index is 11.9. The molecule has 1 N–H and O–H groups in total. The lowest BCUT2D eigenvalue weighted by Gasteiger charge is -1.98. The molecule has 1 saturated carbocycles. The molecule has 0 radical (unpaired) electrons. The van der Waals surface area contributed by atoms with Crippen LogP contribution in [0.4, 0.5) is 0 Å². The van der Waals surface area contributed by atoms with E-state index in [2.05, 4.69) is 10.4 Å². The van der Waals surface area contributed by atoms with Gasteiger partial charge in [-0.15, -0.1) is 0 Å². The molecule has 5 nitrogen and oxygen atoms in total. The van der Waals surface area contributed by atoms with Crippen molar-refractivity contribution in [1.29, 1.82) is 0 Å². The van der Waals surface area contributed by atoms with Crippen LogP contribution in [-0.2, 0) is 4.79 Å². The van der Waals surface area contributed by atoms with Crippen LogP contribution in [0.3, 0.4) is 0 Å². The SMILES string of the molecule is Cc1ccc(-c2nn(-c3ccccc3)cc2/C=C/C(=O)NC2CC2)o1. The Morgan fingerprint density at radius 3 is 2.72 bits per heavy atom. The van der Waals surface area contributed by atoms with E-state index >= 15 is 0 Å². The first-order valence-electron chi connectivity index (χ1n) is 8.39. The van der Waals surface area contributed by atoms with Gasteiger partial charge >= 0.3 is 0 Å². The molecule has 1 fully saturated rings. The van der Waals surface area contributed by atoms with Crippen LogP contribution in [0.15, 0.2) is 59.2 Å². The number of rotatable bonds is 5. The Morgan fingerprint density at radius 1 is 1.24 bits per heavy atom. The van der Waals surface area contributed by atoms with Crippen molar-refractivity contribution < 1.29 is 9.21 Å². The number of para-hydroxylation sites is 1. The van der Waals surface area contributed by atoms with Crippen molar-refractivity contribution in [3.8, 4) is 17.1 Å². The highest BCUT2D eigenvalue weighted by atomic mass is 16.3. The molecule has 5 heteroatoms. The van der Waals surface area contributed by atoms with Gasteiger partial charge in [-0.05, 0) is 50.1 Å². The molecule has 1 aliphatic rings. The van der Waals surface area contributed by atoms with Crippen LogP contribution in [0.1, 0.15) is 24.2 Å². The van der Waals surface area contributed by atoms with Gasteiger partial charge in [0.25, 0.3) is 0 Å². The Bertz CT molecular complexity index is 918. The summed E-state index contributed by atoms with van der Waals surface area (Å²) in [6.45, 7) is 1.90. The van der Waals surface area contributed by atoms with Crippen LogP contribution < -0.4 is 5.32 Å². The molecule has 0 aliphatic heterocycles. The van der Waals surface area contributed by atoms with E-state index in [1.54, 1.807) is 16.8 Å². The second-order valence-electron chi connectivity index (χ2n) is 6.24. The molecule has 126 valence electrons. The second kappa shape index (κ2) is 6.43. The third-order valence-corrected chi connectivity index (χ3v) is 4.08. The number of hydrogen-bond donors (Lipinski definition) is 1. The van der Waals surface area contributed by atoms with Crippen molar-refractivity contribution in [1.82, 2.24) is 15.1 Å². The van der Waals surface area contributed by atoms with E-state index in [4.69, 9.17) is 4.42 Å². The number of hydrogen-bond acceptors (Lipinski definition) is 3. The molecule has 0 unspecified atom stereocenters. The lowest BCUT2D eigenvalue weighted by Crippen LogP contribution is -2.22. The first-order valence-corrected chi connectivity index (χ1v) is 8.39. The number of furan rings is 1. The summed E-state index contributed by atoms with van der Waals surface area (Å²) in [5.74, 6) is 1.44. The standard InChI is InChI=1S/C20H19N3O2/c1-14-7-11-18(25-14)20-15(8-12-19(24)21-16-9-10-16)13-23(22-20)17-5-3-2-4-6-17/h2-8,11-13,16H,9-10H2,1H3,(H,21,24)/b12-8+. The van der Waals surface area contributed by atoms with Gasteiger partial charge in [0.1, 0.15) is 11.5 Å². The van der Waals surface area contributed by atoms with Crippen molar-refractivity contribution in [3.63, 3.8) is 0 Å². The third-order valence-electron chi connectivity index (χ3n) is 4.08. The average Bonchev–Trinajstić information content (AvgIpc) is 3.16. The van der Waals surface area contributed by atoms with Gasteiger partial charge in [0, 0.05) is 23.9 Å². The van der Waals surface area contributed by atoms with Crippen LogP contribution in [0.2, 0.25) is 0 Å². The van der Waals surface area contributed by atoms with E-state index < -0.39 is 0 Å². The zero-order chi connectivity index (χ0) is 17.2. The number of nitrogens with zero attached hydrogens (tertiary/aromatic N) is 2. The molecule has 1 amide bonds. The van der Waals surface area contributed by atoms with Crippen LogP contribution in [0.5, 0.6) is 0 Å². The predicted molar refractivity (Wildman–Crippen MR) is 96.2 cm³/mol. The van der Waals surface area contributed by atoms with E-state index in [1.807, 2.05) is 55.6 Å². The summed E-state index contributed by atoms with van der Waals surface area (Å²) in [5.41, 5.74) is 2.51. The summed E-state index contributed by atoms with van der Waals surface area (Å²) >= 11 is 0. The minimum absolute atomic E-state index is 0.0727. The second-order valence-corrected chi connectivity index (χ2v) is 6.24. The smallest absolute Gasteiger partial charge is 0.244 e. The molecule has 0 bridgehead atoms. The molecular weight excluding hydrogens is 314 g/mol. The van der Waals surface area contributed by atoms with Crippen LogP contribution in [0, 0.1) is 6.92 Å². The van der Waals surface area contributed by atoms with Gasteiger partial charge in [-0.1, -0.05) is 18.2 Å². The lowest BCUT2D eigenvalue weighted by atomic mass is 10.2. The normalized spacial score (nSPS) is 14.1. The number of carbonyl (C=O) groups excluding carboxylic acids is 1. The van der Waals surface area contributed by atoms with Gasteiger partial charge < -0.3 is 9.73 Å². The predicted octanol–water partition coefficient (Wildman–Crippen LogP) is 3.73. The van der Waals surface area contributed by atoms with Gasteiger partial charge in [0.05, 0.1) is 5.69 Å². The summed E-state index contributed by atoms with van der Waals surface area (Å²) in [7, 11) is 0. The van der Waals surface area contributed by atoms with E-state index in [0.29, 0.717) is 17.5 Å². The van der Waals surface area contributed by atoms with E-state index in [-0.39, 0.29) is 5.91 Å². The van der Waals surface area contributed by atoms with Crippen LogP contribution >= 0.6 is 0 Å². The highest BCUT2D eigenvalue weighted by molar-refractivity contribution is 5.93. The summed E-state index contributed by atoms with van der Waals surface area (Å²) in [5, 5.41) is 7.60. The number of carbonyl (C=O) groups is 1. The number of nitrogens with one attached hydrogen (secondary N) is 1. The number of aromatic nitrogens is 2. The van der Waals surface area contributed by atoms with E-state index in [1.165, 1.54) is 0 Å². The summed E-state index contributed by atoms with van der Waals surface area (Å²) < 4.78 is 7.53. The Kier molecular flexibility index (Phi) is 3.98. The Balaban J connectivity index is 1.68. The fourth-order valence-electron chi connectivity index (χ4n) is 2.62. The molecule has 0 atom stereocenters. The zero-order valence-corrected chi connectivity index (χ0v) is 14.0. The molecule has 3 aromatic rings. The lowest BCUT2D eigenvalue weighted by molar-refractivity contribution is -0.116.